The van der Waals surface area contributed by atoms with E-state index in [1.807, 2.05) is 31.2 Å². The molecule has 5 heteroatoms. The Balaban J connectivity index is 1.69. The Hall–Kier alpha value is -2.17. The number of rotatable bonds is 4. The van der Waals surface area contributed by atoms with Gasteiger partial charge in [0.05, 0.1) is 18.2 Å². The van der Waals surface area contributed by atoms with Gasteiger partial charge in [0.1, 0.15) is 5.71 Å². The Morgan fingerprint density at radius 1 is 1.21 bits per heavy atom. The average molecular weight is 328 g/mol. The van der Waals surface area contributed by atoms with Crippen LogP contribution in [0.25, 0.3) is 0 Å². The molecule has 1 heterocycles. The number of para-hydroxylation sites is 1. The van der Waals surface area contributed by atoms with Crippen LogP contribution in [0, 0.1) is 5.92 Å². The molecule has 1 fully saturated rings. The monoisotopic (exact) mass is 328 g/mol. The van der Waals surface area contributed by atoms with E-state index >= 15 is 0 Å². The lowest BCUT2D eigenvalue weighted by Gasteiger charge is -2.30. The zero-order valence-electron chi connectivity index (χ0n) is 14.1. The summed E-state index contributed by atoms with van der Waals surface area (Å²) in [4.78, 5) is 29.2. The maximum atomic E-state index is 12.6. The van der Waals surface area contributed by atoms with Gasteiger partial charge in [0.25, 0.3) is 5.91 Å². The summed E-state index contributed by atoms with van der Waals surface area (Å²) in [7, 11) is 0. The second kappa shape index (κ2) is 7.60. The maximum Gasteiger partial charge on any atom is 0.311 e. The molecule has 2 atom stereocenters. The lowest BCUT2D eigenvalue weighted by molar-refractivity contribution is -0.150. The second-order valence-electron chi connectivity index (χ2n) is 6.41. The van der Waals surface area contributed by atoms with Crippen molar-refractivity contribution in [3.8, 4) is 0 Å². The van der Waals surface area contributed by atoms with Gasteiger partial charge < -0.3 is 10.1 Å². The number of nitrogens with zero attached hydrogens (tertiary/aromatic N) is 1. The highest BCUT2D eigenvalue weighted by molar-refractivity contribution is 6.39. The summed E-state index contributed by atoms with van der Waals surface area (Å²) in [5.41, 5.74) is 2.61. The molecular weight excluding hydrogens is 304 g/mol. The summed E-state index contributed by atoms with van der Waals surface area (Å²) in [6, 6.07) is 7.76. The van der Waals surface area contributed by atoms with Gasteiger partial charge in [0.15, 0.2) is 0 Å². The van der Waals surface area contributed by atoms with Crippen LogP contribution < -0.4 is 5.32 Å². The minimum atomic E-state index is -0.237. The molecule has 1 aliphatic heterocycles. The van der Waals surface area contributed by atoms with Crippen LogP contribution >= 0.6 is 0 Å². The van der Waals surface area contributed by atoms with Crippen LogP contribution in [0.1, 0.15) is 44.6 Å². The van der Waals surface area contributed by atoms with Gasteiger partial charge in [-0.3, -0.25) is 9.59 Å². The van der Waals surface area contributed by atoms with Gasteiger partial charge >= 0.3 is 5.97 Å². The quantitative estimate of drug-likeness (QED) is 0.864. The number of hydrogen-bond acceptors (Lipinski definition) is 4. The highest BCUT2D eigenvalue weighted by Crippen LogP contribution is 2.27. The van der Waals surface area contributed by atoms with Crippen molar-refractivity contribution in [3.05, 3.63) is 29.8 Å². The third-order valence-electron chi connectivity index (χ3n) is 4.81. The Morgan fingerprint density at radius 2 is 2.00 bits per heavy atom. The van der Waals surface area contributed by atoms with Crippen LogP contribution in [0.3, 0.4) is 0 Å². The van der Waals surface area contributed by atoms with Gasteiger partial charge in [-0.15, -0.1) is 0 Å². The van der Waals surface area contributed by atoms with Crippen LogP contribution in [-0.4, -0.2) is 30.2 Å². The number of aryl methyl sites for hydroxylation is 1. The van der Waals surface area contributed by atoms with E-state index in [2.05, 4.69) is 10.3 Å². The molecule has 0 bridgehead atoms. The van der Waals surface area contributed by atoms with Crippen LogP contribution in [0.2, 0.25) is 0 Å². The molecule has 0 spiro atoms. The molecule has 24 heavy (non-hydrogen) atoms. The smallest absolute Gasteiger partial charge is 0.311 e. The lowest BCUT2D eigenvalue weighted by atomic mass is 9.84. The first-order valence-corrected chi connectivity index (χ1v) is 8.82. The highest BCUT2D eigenvalue weighted by atomic mass is 16.5. The number of fused-ring (bicyclic) bond motifs is 1. The van der Waals surface area contributed by atoms with E-state index in [9.17, 15) is 9.59 Å². The molecule has 5 nitrogen and oxygen atoms in total. The minimum absolute atomic E-state index is 0.147. The van der Waals surface area contributed by atoms with Gasteiger partial charge in [0, 0.05) is 6.04 Å². The van der Waals surface area contributed by atoms with Crippen molar-refractivity contribution in [1.82, 2.24) is 5.32 Å². The van der Waals surface area contributed by atoms with Crippen LogP contribution in [0.5, 0.6) is 0 Å². The first-order chi connectivity index (χ1) is 11.7. The molecular formula is C19H24N2O3. The van der Waals surface area contributed by atoms with Gasteiger partial charge in [-0.1, -0.05) is 31.0 Å². The molecule has 1 aliphatic carbocycles. The minimum Gasteiger partial charge on any atom is -0.466 e. The zero-order valence-corrected chi connectivity index (χ0v) is 14.1. The summed E-state index contributed by atoms with van der Waals surface area (Å²) in [5.74, 6) is -0.580. The summed E-state index contributed by atoms with van der Waals surface area (Å²) < 4.78 is 5.16. The van der Waals surface area contributed by atoms with Crippen molar-refractivity contribution in [3.63, 3.8) is 0 Å². The average Bonchev–Trinajstić information content (AvgIpc) is 2.62. The Labute approximate surface area is 142 Å². The normalized spacial score (nSPS) is 23.0. The first kappa shape index (κ1) is 16.7. The number of hydrogen-bond donors (Lipinski definition) is 1. The van der Waals surface area contributed by atoms with Crippen molar-refractivity contribution in [2.45, 2.75) is 51.5 Å². The molecule has 1 amide bonds. The number of aliphatic imine (C=N–C) groups is 1. The summed E-state index contributed by atoms with van der Waals surface area (Å²) >= 11 is 0. The number of nitrogens with one attached hydrogen (secondary N) is 1. The molecule has 1 aromatic carbocycles. The van der Waals surface area contributed by atoms with Crippen molar-refractivity contribution < 1.29 is 14.3 Å². The Bertz CT molecular complexity index is 654. The fourth-order valence-electron chi connectivity index (χ4n) is 3.54. The summed E-state index contributed by atoms with van der Waals surface area (Å²) in [5, 5.41) is 3.04. The largest absolute Gasteiger partial charge is 0.466 e. The SMILES string of the molecule is CCOC(=O)[C@@H]1CCCC[C@@H]1NC(=O)C1=Nc2ccccc2CC1. The van der Waals surface area contributed by atoms with E-state index in [1.54, 1.807) is 0 Å². The van der Waals surface area contributed by atoms with Gasteiger partial charge in [-0.25, -0.2) is 4.99 Å². The Kier molecular flexibility index (Phi) is 5.28. The molecule has 0 saturated heterocycles. The molecule has 128 valence electrons. The molecule has 1 aromatic rings. The summed E-state index contributed by atoms with van der Waals surface area (Å²) in [6.07, 6.45) is 5.09. The number of carbonyl (C=O) groups is 2. The molecule has 2 aliphatic rings. The number of esters is 1. The number of carbonyl (C=O) groups excluding carboxylic acids is 2. The van der Waals surface area contributed by atoms with Crippen molar-refractivity contribution in [2.75, 3.05) is 6.61 Å². The predicted molar refractivity (Wildman–Crippen MR) is 92.4 cm³/mol. The fourth-order valence-corrected chi connectivity index (χ4v) is 3.54. The lowest BCUT2D eigenvalue weighted by Crippen LogP contribution is -2.48. The summed E-state index contributed by atoms with van der Waals surface area (Å²) in [6.45, 7) is 2.18. The van der Waals surface area contributed by atoms with E-state index in [0.717, 1.165) is 37.8 Å². The van der Waals surface area contributed by atoms with Crippen molar-refractivity contribution in [2.24, 2.45) is 10.9 Å². The number of ether oxygens (including phenoxy) is 1. The van der Waals surface area contributed by atoms with Crippen molar-refractivity contribution >= 4 is 23.3 Å². The number of benzene rings is 1. The van der Waals surface area contributed by atoms with Crippen LogP contribution in [-0.2, 0) is 20.7 Å². The van der Waals surface area contributed by atoms with E-state index in [4.69, 9.17) is 4.74 Å². The second-order valence-corrected chi connectivity index (χ2v) is 6.41. The predicted octanol–water partition coefficient (Wildman–Crippen LogP) is 2.94. The topological polar surface area (TPSA) is 67.8 Å². The number of amides is 1. The fraction of sp³-hybridized carbons (Fsp3) is 0.526. The molecule has 1 saturated carbocycles. The highest BCUT2D eigenvalue weighted by Gasteiger charge is 2.34. The zero-order chi connectivity index (χ0) is 16.9. The molecule has 3 rings (SSSR count). The molecule has 0 radical (unpaired) electrons. The van der Waals surface area contributed by atoms with Gasteiger partial charge in [-0.2, -0.15) is 0 Å². The molecule has 0 unspecified atom stereocenters. The standard InChI is InChI=1S/C19H24N2O3/c1-2-24-19(23)14-8-4-6-10-16(14)21-18(22)17-12-11-13-7-3-5-9-15(13)20-17/h3,5,7,9,14,16H,2,4,6,8,10-12H2,1H3,(H,21,22)/t14-,16+/m1/s1. The van der Waals surface area contributed by atoms with Crippen LogP contribution in [0.15, 0.2) is 29.3 Å². The van der Waals surface area contributed by atoms with E-state index in [1.165, 1.54) is 5.56 Å². The Morgan fingerprint density at radius 3 is 2.83 bits per heavy atom. The third-order valence-corrected chi connectivity index (χ3v) is 4.81. The molecule has 0 aromatic heterocycles. The van der Waals surface area contributed by atoms with E-state index < -0.39 is 0 Å². The van der Waals surface area contributed by atoms with Crippen LogP contribution in [0.4, 0.5) is 5.69 Å². The first-order valence-electron chi connectivity index (χ1n) is 8.82. The van der Waals surface area contributed by atoms with Crippen molar-refractivity contribution in [1.29, 1.82) is 0 Å². The van der Waals surface area contributed by atoms with E-state index in [-0.39, 0.29) is 23.8 Å². The van der Waals surface area contributed by atoms with E-state index in [0.29, 0.717) is 18.7 Å². The molecule has 1 N–H and O–H groups in total. The maximum absolute atomic E-state index is 12.6. The van der Waals surface area contributed by atoms with Gasteiger partial charge in [-0.05, 0) is 44.2 Å². The third kappa shape index (κ3) is 3.66. The van der Waals surface area contributed by atoms with Gasteiger partial charge in [0.2, 0.25) is 0 Å².